The standard InChI is InChI=1S/C16H14ClN5/c17-14-8-6-13(7-9-14)16(10-22-11-18-19-12-22)21-20-15-4-2-1-3-5-15/h1-9,11-12,20H,10H2/b21-16+. The molecule has 0 aliphatic heterocycles. The van der Waals surface area contributed by atoms with E-state index in [1.807, 2.05) is 59.2 Å². The maximum atomic E-state index is 5.95. The van der Waals surface area contributed by atoms with Gasteiger partial charge in [-0.15, -0.1) is 10.2 Å². The summed E-state index contributed by atoms with van der Waals surface area (Å²) in [6, 6.07) is 17.4. The second-order valence-electron chi connectivity index (χ2n) is 4.68. The van der Waals surface area contributed by atoms with Crippen LogP contribution >= 0.6 is 11.6 Å². The minimum Gasteiger partial charge on any atom is -0.314 e. The monoisotopic (exact) mass is 311 g/mol. The van der Waals surface area contributed by atoms with Crippen molar-refractivity contribution in [1.29, 1.82) is 0 Å². The number of hydrazone groups is 1. The molecule has 110 valence electrons. The van der Waals surface area contributed by atoms with Gasteiger partial charge in [-0.05, 0) is 29.8 Å². The van der Waals surface area contributed by atoms with Gasteiger partial charge in [-0.25, -0.2) is 0 Å². The van der Waals surface area contributed by atoms with Crippen molar-refractivity contribution in [2.45, 2.75) is 6.54 Å². The van der Waals surface area contributed by atoms with E-state index in [0.717, 1.165) is 17.0 Å². The second kappa shape index (κ2) is 6.87. The van der Waals surface area contributed by atoms with Crippen LogP contribution in [0.4, 0.5) is 5.69 Å². The predicted molar refractivity (Wildman–Crippen MR) is 88.1 cm³/mol. The Bertz CT molecular complexity index is 736. The highest BCUT2D eigenvalue weighted by molar-refractivity contribution is 6.30. The lowest BCUT2D eigenvalue weighted by Crippen LogP contribution is -2.12. The number of hydrogen-bond donors (Lipinski definition) is 1. The number of benzene rings is 2. The highest BCUT2D eigenvalue weighted by Crippen LogP contribution is 2.12. The Labute approximate surface area is 133 Å². The van der Waals surface area contributed by atoms with Crippen LogP contribution in [0.15, 0.2) is 72.4 Å². The van der Waals surface area contributed by atoms with Gasteiger partial charge < -0.3 is 4.57 Å². The molecule has 1 aromatic heterocycles. The third kappa shape index (κ3) is 3.71. The first kappa shape index (κ1) is 14.3. The SMILES string of the molecule is Clc1ccc(/C(Cn2cnnc2)=N/Nc2ccccc2)cc1. The van der Waals surface area contributed by atoms with Gasteiger partial charge in [0.15, 0.2) is 0 Å². The molecule has 0 aliphatic rings. The zero-order valence-corrected chi connectivity index (χ0v) is 12.5. The Kier molecular flexibility index (Phi) is 4.46. The van der Waals surface area contributed by atoms with E-state index in [-0.39, 0.29) is 0 Å². The Hall–Kier alpha value is -2.66. The Morgan fingerprint density at radius 3 is 2.36 bits per heavy atom. The van der Waals surface area contributed by atoms with Crippen molar-refractivity contribution in [1.82, 2.24) is 14.8 Å². The minimum absolute atomic E-state index is 0.564. The van der Waals surface area contributed by atoms with Crippen LogP contribution in [-0.4, -0.2) is 20.5 Å². The van der Waals surface area contributed by atoms with E-state index in [1.165, 1.54) is 0 Å². The normalized spacial score (nSPS) is 11.4. The number of hydrogen-bond acceptors (Lipinski definition) is 4. The summed E-state index contributed by atoms with van der Waals surface area (Å²) in [5, 5.41) is 12.8. The quantitative estimate of drug-likeness (QED) is 0.580. The first-order chi connectivity index (χ1) is 10.8. The fourth-order valence-corrected chi connectivity index (χ4v) is 2.08. The Morgan fingerprint density at radius 1 is 1.00 bits per heavy atom. The summed E-state index contributed by atoms with van der Waals surface area (Å²) in [5.74, 6) is 0. The molecule has 0 aliphatic carbocycles. The smallest absolute Gasteiger partial charge is 0.119 e. The topological polar surface area (TPSA) is 55.1 Å². The fourth-order valence-electron chi connectivity index (χ4n) is 1.95. The van der Waals surface area contributed by atoms with E-state index in [1.54, 1.807) is 12.7 Å². The Morgan fingerprint density at radius 2 is 1.68 bits per heavy atom. The van der Waals surface area contributed by atoms with E-state index in [9.17, 15) is 0 Å². The molecule has 0 amide bonds. The molecule has 0 spiro atoms. The van der Waals surface area contributed by atoms with Crippen molar-refractivity contribution in [2.75, 3.05) is 5.43 Å². The van der Waals surface area contributed by atoms with Gasteiger partial charge >= 0.3 is 0 Å². The van der Waals surface area contributed by atoms with Gasteiger partial charge in [0.1, 0.15) is 12.7 Å². The lowest BCUT2D eigenvalue weighted by Gasteiger charge is -2.09. The lowest BCUT2D eigenvalue weighted by molar-refractivity contribution is 0.845. The van der Waals surface area contributed by atoms with E-state index in [4.69, 9.17) is 11.6 Å². The van der Waals surface area contributed by atoms with Gasteiger partial charge in [0.2, 0.25) is 0 Å². The molecule has 0 unspecified atom stereocenters. The molecule has 5 nitrogen and oxygen atoms in total. The first-order valence-electron chi connectivity index (χ1n) is 6.77. The van der Waals surface area contributed by atoms with Crippen molar-refractivity contribution in [2.24, 2.45) is 5.10 Å². The number of rotatable bonds is 5. The molecule has 3 rings (SSSR count). The molecule has 0 radical (unpaired) electrons. The molecule has 0 atom stereocenters. The van der Waals surface area contributed by atoms with Crippen LogP contribution < -0.4 is 5.43 Å². The van der Waals surface area contributed by atoms with Crippen LogP contribution in [0.25, 0.3) is 0 Å². The van der Waals surface area contributed by atoms with Gasteiger partial charge in [-0.1, -0.05) is 41.9 Å². The van der Waals surface area contributed by atoms with Crippen LogP contribution in [0.3, 0.4) is 0 Å². The molecule has 0 fully saturated rings. The average Bonchev–Trinajstić information content (AvgIpc) is 3.06. The van der Waals surface area contributed by atoms with Gasteiger partial charge in [-0.3, -0.25) is 5.43 Å². The largest absolute Gasteiger partial charge is 0.314 e. The predicted octanol–water partition coefficient (Wildman–Crippen LogP) is 3.45. The molecule has 1 heterocycles. The molecular weight excluding hydrogens is 298 g/mol. The number of halogens is 1. The summed E-state index contributed by atoms with van der Waals surface area (Å²) in [6.07, 6.45) is 3.32. The van der Waals surface area contributed by atoms with Gasteiger partial charge in [0.25, 0.3) is 0 Å². The first-order valence-corrected chi connectivity index (χ1v) is 7.15. The molecule has 2 aromatic carbocycles. The number of para-hydroxylation sites is 1. The minimum atomic E-state index is 0.564. The molecule has 0 saturated heterocycles. The Balaban J connectivity index is 1.86. The summed E-state index contributed by atoms with van der Waals surface area (Å²) in [6.45, 7) is 0.564. The summed E-state index contributed by atoms with van der Waals surface area (Å²) in [5.41, 5.74) is 5.85. The number of nitrogens with one attached hydrogen (secondary N) is 1. The van der Waals surface area contributed by atoms with Gasteiger partial charge in [0.05, 0.1) is 17.9 Å². The fraction of sp³-hybridized carbons (Fsp3) is 0.0625. The summed E-state index contributed by atoms with van der Waals surface area (Å²) in [7, 11) is 0. The van der Waals surface area contributed by atoms with Crippen LogP contribution in [0.1, 0.15) is 5.56 Å². The lowest BCUT2D eigenvalue weighted by atomic mass is 10.1. The molecule has 1 N–H and O–H groups in total. The van der Waals surface area contributed by atoms with E-state index in [2.05, 4.69) is 20.7 Å². The van der Waals surface area contributed by atoms with Crippen molar-refractivity contribution in [3.05, 3.63) is 77.8 Å². The zero-order chi connectivity index (χ0) is 15.2. The zero-order valence-electron chi connectivity index (χ0n) is 11.7. The molecule has 0 bridgehead atoms. The molecule has 22 heavy (non-hydrogen) atoms. The molecule has 3 aromatic rings. The van der Waals surface area contributed by atoms with Gasteiger partial charge in [-0.2, -0.15) is 5.10 Å². The summed E-state index contributed by atoms with van der Waals surface area (Å²) < 4.78 is 1.86. The second-order valence-corrected chi connectivity index (χ2v) is 5.11. The van der Waals surface area contributed by atoms with Crippen LogP contribution in [0.2, 0.25) is 5.02 Å². The number of nitrogens with zero attached hydrogens (tertiary/aromatic N) is 4. The van der Waals surface area contributed by atoms with E-state index in [0.29, 0.717) is 11.6 Å². The van der Waals surface area contributed by atoms with Crippen molar-refractivity contribution in [3.8, 4) is 0 Å². The van der Waals surface area contributed by atoms with Crippen molar-refractivity contribution < 1.29 is 0 Å². The molecule has 6 heteroatoms. The highest BCUT2D eigenvalue weighted by atomic mass is 35.5. The van der Waals surface area contributed by atoms with E-state index >= 15 is 0 Å². The number of anilines is 1. The van der Waals surface area contributed by atoms with Crippen LogP contribution in [0, 0.1) is 0 Å². The third-order valence-corrected chi connectivity index (χ3v) is 3.32. The van der Waals surface area contributed by atoms with Crippen molar-refractivity contribution >= 4 is 23.0 Å². The number of aromatic nitrogens is 3. The maximum absolute atomic E-state index is 5.95. The average molecular weight is 312 g/mol. The maximum Gasteiger partial charge on any atom is 0.119 e. The summed E-state index contributed by atoms with van der Waals surface area (Å²) in [4.78, 5) is 0. The molecule has 0 saturated carbocycles. The highest BCUT2D eigenvalue weighted by Gasteiger charge is 2.05. The van der Waals surface area contributed by atoms with Crippen molar-refractivity contribution in [3.63, 3.8) is 0 Å². The van der Waals surface area contributed by atoms with Gasteiger partial charge in [0, 0.05) is 5.02 Å². The van der Waals surface area contributed by atoms with Crippen LogP contribution in [-0.2, 0) is 6.54 Å². The molecular formula is C16H14ClN5. The summed E-state index contributed by atoms with van der Waals surface area (Å²) >= 11 is 5.95. The van der Waals surface area contributed by atoms with Crippen LogP contribution in [0.5, 0.6) is 0 Å². The van der Waals surface area contributed by atoms with E-state index < -0.39 is 0 Å². The third-order valence-electron chi connectivity index (χ3n) is 3.07.